The molecular formula is C14H22N2O. The van der Waals surface area contributed by atoms with Gasteiger partial charge in [0.2, 0.25) is 0 Å². The fourth-order valence-electron chi connectivity index (χ4n) is 1.73. The number of carbonyl (C=O) groups excluding carboxylic acids is 1. The maximum absolute atomic E-state index is 12.1. The third-order valence-corrected chi connectivity index (χ3v) is 2.96. The first-order valence-electron chi connectivity index (χ1n) is 6.17. The van der Waals surface area contributed by atoms with Gasteiger partial charge in [-0.3, -0.25) is 4.79 Å². The highest BCUT2D eigenvalue weighted by Gasteiger charge is 2.11. The Morgan fingerprint density at radius 1 is 1.35 bits per heavy atom. The Kier molecular flexibility index (Phi) is 5.01. The van der Waals surface area contributed by atoms with Gasteiger partial charge in [0.05, 0.1) is 0 Å². The monoisotopic (exact) mass is 234 g/mol. The van der Waals surface area contributed by atoms with Gasteiger partial charge in [-0.25, -0.2) is 0 Å². The van der Waals surface area contributed by atoms with Crippen molar-refractivity contribution in [3.8, 4) is 0 Å². The van der Waals surface area contributed by atoms with Crippen molar-refractivity contribution in [2.75, 3.05) is 19.3 Å². The molecule has 0 aliphatic heterocycles. The van der Waals surface area contributed by atoms with E-state index in [2.05, 4.69) is 6.92 Å². The van der Waals surface area contributed by atoms with Crippen LogP contribution in [0, 0.1) is 6.92 Å². The number of amides is 1. The molecular weight excluding hydrogens is 212 g/mol. The fraction of sp³-hybridized carbons (Fsp3) is 0.500. The molecule has 0 radical (unpaired) electrons. The second-order valence-electron chi connectivity index (χ2n) is 4.51. The summed E-state index contributed by atoms with van der Waals surface area (Å²) in [6.07, 6.45) is 3.40. The molecule has 0 fully saturated rings. The molecule has 0 spiro atoms. The highest BCUT2D eigenvalue weighted by molar-refractivity contribution is 5.94. The van der Waals surface area contributed by atoms with Crippen LogP contribution >= 0.6 is 0 Å². The lowest BCUT2D eigenvalue weighted by atomic mass is 10.1. The Morgan fingerprint density at radius 2 is 2.06 bits per heavy atom. The standard InChI is InChI=1S/C14H22N2O/c1-4-5-6-9-16(3)14(17)12-7-8-13(15)11(2)10-12/h7-8,10H,4-6,9,15H2,1-3H3. The van der Waals surface area contributed by atoms with Crippen molar-refractivity contribution in [3.63, 3.8) is 0 Å². The van der Waals surface area contributed by atoms with E-state index in [4.69, 9.17) is 5.73 Å². The van der Waals surface area contributed by atoms with E-state index in [1.54, 1.807) is 17.0 Å². The van der Waals surface area contributed by atoms with Gasteiger partial charge >= 0.3 is 0 Å². The van der Waals surface area contributed by atoms with Gasteiger partial charge in [-0.05, 0) is 37.1 Å². The van der Waals surface area contributed by atoms with E-state index < -0.39 is 0 Å². The molecule has 0 saturated heterocycles. The second-order valence-corrected chi connectivity index (χ2v) is 4.51. The van der Waals surface area contributed by atoms with Crippen LogP contribution in [0.5, 0.6) is 0 Å². The SMILES string of the molecule is CCCCCN(C)C(=O)c1ccc(N)c(C)c1. The molecule has 0 bridgehead atoms. The molecule has 3 nitrogen and oxygen atoms in total. The van der Waals surface area contributed by atoms with Gasteiger partial charge in [0, 0.05) is 24.8 Å². The van der Waals surface area contributed by atoms with Gasteiger partial charge in [0.25, 0.3) is 5.91 Å². The zero-order valence-electron chi connectivity index (χ0n) is 11.0. The highest BCUT2D eigenvalue weighted by atomic mass is 16.2. The van der Waals surface area contributed by atoms with Gasteiger partial charge in [0.1, 0.15) is 0 Å². The van der Waals surface area contributed by atoms with Crippen LogP contribution in [0.25, 0.3) is 0 Å². The summed E-state index contributed by atoms with van der Waals surface area (Å²) in [5, 5.41) is 0. The van der Waals surface area contributed by atoms with Crippen LogP contribution in [0.3, 0.4) is 0 Å². The van der Waals surface area contributed by atoms with Crippen LogP contribution < -0.4 is 5.73 Å². The normalized spacial score (nSPS) is 10.3. The van der Waals surface area contributed by atoms with E-state index in [9.17, 15) is 4.79 Å². The average Bonchev–Trinajstić information content (AvgIpc) is 2.32. The largest absolute Gasteiger partial charge is 0.399 e. The maximum Gasteiger partial charge on any atom is 0.253 e. The van der Waals surface area contributed by atoms with E-state index in [0.29, 0.717) is 0 Å². The van der Waals surface area contributed by atoms with Crippen molar-refractivity contribution < 1.29 is 4.79 Å². The van der Waals surface area contributed by atoms with E-state index in [1.807, 2.05) is 20.0 Å². The molecule has 0 aliphatic carbocycles. The summed E-state index contributed by atoms with van der Waals surface area (Å²) in [5.41, 5.74) is 8.14. The van der Waals surface area contributed by atoms with Crippen molar-refractivity contribution in [2.45, 2.75) is 33.1 Å². The minimum Gasteiger partial charge on any atom is -0.399 e. The molecule has 0 saturated carbocycles. The molecule has 0 aliphatic rings. The number of anilines is 1. The van der Waals surface area contributed by atoms with Gasteiger partial charge in [-0.2, -0.15) is 0 Å². The summed E-state index contributed by atoms with van der Waals surface area (Å²) < 4.78 is 0. The summed E-state index contributed by atoms with van der Waals surface area (Å²) in [7, 11) is 1.85. The number of carbonyl (C=O) groups is 1. The topological polar surface area (TPSA) is 46.3 Å². The number of nitrogens with two attached hydrogens (primary N) is 1. The van der Waals surface area contributed by atoms with Crippen molar-refractivity contribution in [1.82, 2.24) is 4.90 Å². The predicted molar refractivity (Wildman–Crippen MR) is 72.1 cm³/mol. The smallest absolute Gasteiger partial charge is 0.253 e. The minimum atomic E-state index is 0.0733. The van der Waals surface area contributed by atoms with Crippen LogP contribution in [0.1, 0.15) is 42.1 Å². The van der Waals surface area contributed by atoms with E-state index in [1.165, 1.54) is 12.8 Å². The molecule has 17 heavy (non-hydrogen) atoms. The van der Waals surface area contributed by atoms with Gasteiger partial charge in [-0.15, -0.1) is 0 Å². The van der Waals surface area contributed by atoms with Crippen molar-refractivity contribution in [3.05, 3.63) is 29.3 Å². The summed E-state index contributed by atoms with van der Waals surface area (Å²) in [4.78, 5) is 13.9. The summed E-state index contributed by atoms with van der Waals surface area (Å²) in [6.45, 7) is 4.89. The van der Waals surface area contributed by atoms with Crippen LogP contribution in [0.4, 0.5) is 5.69 Å². The maximum atomic E-state index is 12.1. The molecule has 0 aromatic heterocycles. The average molecular weight is 234 g/mol. The lowest BCUT2D eigenvalue weighted by molar-refractivity contribution is 0.0792. The molecule has 94 valence electrons. The van der Waals surface area contributed by atoms with Crippen LogP contribution in [0.2, 0.25) is 0 Å². The van der Waals surface area contributed by atoms with Gasteiger partial charge in [0.15, 0.2) is 0 Å². The number of rotatable bonds is 5. The van der Waals surface area contributed by atoms with Gasteiger partial charge in [-0.1, -0.05) is 19.8 Å². The number of aryl methyl sites for hydroxylation is 1. The number of nitrogen functional groups attached to an aromatic ring is 1. The summed E-state index contributed by atoms with van der Waals surface area (Å²) in [6, 6.07) is 5.44. The number of unbranched alkanes of at least 4 members (excludes halogenated alkanes) is 2. The van der Waals surface area contributed by atoms with Crippen molar-refractivity contribution >= 4 is 11.6 Å². The first-order chi connectivity index (χ1) is 8.06. The molecule has 0 atom stereocenters. The first-order valence-corrected chi connectivity index (χ1v) is 6.17. The fourth-order valence-corrected chi connectivity index (χ4v) is 1.73. The molecule has 1 aromatic rings. The van der Waals surface area contributed by atoms with Gasteiger partial charge < -0.3 is 10.6 Å². The Balaban J connectivity index is 2.65. The van der Waals surface area contributed by atoms with Crippen LogP contribution in [-0.2, 0) is 0 Å². The van der Waals surface area contributed by atoms with E-state index >= 15 is 0 Å². The van der Waals surface area contributed by atoms with Crippen molar-refractivity contribution in [2.24, 2.45) is 0 Å². The number of hydrogen-bond donors (Lipinski definition) is 1. The zero-order chi connectivity index (χ0) is 12.8. The quantitative estimate of drug-likeness (QED) is 0.629. The Labute approximate surface area is 104 Å². The van der Waals surface area contributed by atoms with E-state index in [0.717, 1.165) is 29.8 Å². The summed E-state index contributed by atoms with van der Waals surface area (Å²) in [5.74, 6) is 0.0733. The zero-order valence-corrected chi connectivity index (χ0v) is 11.0. The van der Waals surface area contributed by atoms with Crippen molar-refractivity contribution in [1.29, 1.82) is 0 Å². The Bertz CT molecular complexity index is 388. The Morgan fingerprint density at radius 3 is 2.65 bits per heavy atom. The lowest BCUT2D eigenvalue weighted by Crippen LogP contribution is -2.27. The third kappa shape index (κ3) is 3.77. The third-order valence-electron chi connectivity index (χ3n) is 2.96. The molecule has 1 rings (SSSR count). The molecule has 1 amide bonds. The second kappa shape index (κ2) is 6.28. The number of benzene rings is 1. The number of nitrogens with zero attached hydrogens (tertiary/aromatic N) is 1. The summed E-state index contributed by atoms with van der Waals surface area (Å²) >= 11 is 0. The Hall–Kier alpha value is -1.51. The predicted octanol–water partition coefficient (Wildman–Crippen LogP) is 2.84. The highest BCUT2D eigenvalue weighted by Crippen LogP contribution is 2.14. The van der Waals surface area contributed by atoms with Crippen LogP contribution in [0.15, 0.2) is 18.2 Å². The van der Waals surface area contributed by atoms with E-state index in [-0.39, 0.29) is 5.91 Å². The minimum absolute atomic E-state index is 0.0733. The lowest BCUT2D eigenvalue weighted by Gasteiger charge is -2.17. The first kappa shape index (κ1) is 13.6. The molecule has 2 N–H and O–H groups in total. The molecule has 0 heterocycles. The molecule has 1 aromatic carbocycles. The molecule has 0 unspecified atom stereocenters. The molecule has 3 heteroatoms. The number of hydrogen-bond acceptors (Lipinski definition) is 2. The van der Waals surface area contributed by atoms with Crippen LogP contribution in [-0.4, -0.2) is 24.4 Å².